The third-order valence-corrected chi connectivity index (χ3v) is 5.82. The quantitative estimate of drug-likeness (QED) is 0.642. The third kappa shape index (κ3) is 3.70. The number of halogens is 1. The summed E-state index contributed by atoms with van der Waals surface area (Å²) in [5.41, 5.74) is 2.14. The Morgan fingerprint density at radius 2 is 2.19 bits per heavy atom. The Bertz CT molecular complexity index is 997. The average molecular weight is 403 g/mol. The summed E-state index contributed by atoms with van der Waals surface area (Å²) in [6.45, 7) is 2.06. The van der Waals surface area contributed by atoms with E-state index in [4.69, 9.17) is 11.6 Å². The number of nitrogens with one attached hydrogen (secondary N) is 1. The summed E-state index contributed by atoms with van der Waals surface area (Å²) in [6.07, 6.45) is 4.17. The fourth-order valence-corrected chi connectivity index (χ4v) is 4.33. The number of carbonyl (C=O) groups is 2. The molecule has 27 heavy (non-hydrogen) atoms. The highest BCUT2D eigenvalue weighted by molar-refractivity contribution is 7.15. The van der Waals surface area contributed by atoms with Crippen LogP contribution in [-0.2, 0) is 4.79 Å². The second-order valence-electron chi connectivity index (χ2n) is 6.47. The summed E-state index contributed by atoms with van der Waals surface area (Å²) >= 11 is 7.67. The number of fused-ring (bicyclic) bond motifs is 1. The van der Waals surface area contributed by atoms with Crippen molar-refractivity contribution >= 4 is 39.7 Å². The zero-order valence-corrected chi connectivity index (χ0v) is 16.2. The average Bonchev–Trinajstić information content (AvgIpc) is 3.35. The van der Waals surface area contributed by atoms with Crippen LogP contribution in [0.2, 0.25) is 5.02 Å². The number of thiazole rings is 1. The maximum absolute atomic E-state index is 12.5. The Morgan fingerprint density at radius 1 is 1.33 bits per heavy atom. The fraction of sp³-hybridized carbons (Fsp3) is 0.316. The summed E-state index contributed by atoms with van der Waals surface area (Å²) < 4.78 is 1.79. The predicted molar refractivity (Wildman–Crippen MR) is 106 cm³/mol. The van der Waals surface area contributed by atoms with Gasteiger partial charge in [-0.25, -0.2) is 4.98 Å². The van der Waals surface area contributed by atoms with Crippen molar-refractivity contribution in [1.29, 1.82) is 0 Å². The van der Waals surface area contributed by atoms with Crippen molar-refractivity contribution in [2.24, 2.45) is 0 Å². The zero-order valence-electron chi connectivity index (χ0n) is 14.7. The van der Waals surface area contributed by atoms with E-state index in [1.807, 2.05) is 35.4 Å². The molecule has 3 heterocycles. The molecule has 0 radical (unpaired) electrons. The monoisotopic (exact) mass is 402 g/mol. The van der Waals surface area contributed by atoms with Gasteiger partial charge in [0.1, 0.15) is 5.69 Å². The molecular formula is C19H19ClN4O2S. The molecule has 1 saturated heterocycles. The first kappa shape index (κ1) is 18.0. The SMILES string of the molecule is O=C(NCCCN1CCCC1=O)c1csc2nc(-c3ccccc3Cl)cn12. The predicted octanol–water partition coefficient (Wildman–Crippen LogP) is 3.46. The summed E-state index contributed by atoms with van der Waals surface area (Å²) in [6, 6.07) is 7.52. The lowest BCUT2D eigenvalue weighted by atomic mass is 10.2. The van der Waals surface area contributed by atoms with E-state index >= 15 is 0 Å². The lowest BCUT2D eigenvalue weighted by Gasteiger charge is -2.15. The van der Waals surface area contributed by atoms with Crippen molar-refractivity contribution in [2.75, 3.05) is 19.6 Å². The molecule has 3 aromatic rings. The zero-order chi connectivity index (χ0) is 18.8. The standard InChI is InChI=1S/C19H19ClN4O2S/c20-14-6-2-1-5-13(14)15-11-24-16(12-27-19(24)22-15)18(26)21-8-4-10-23-9-3-7-17(23)25/h1-2,5-6,11-12H,3-4,7-10H2,(H,21,26). The van der Waals surface area contributed by atoms with Crippen molar-refractivity contribution in [1.82, 2.24) is 19.6 Å². The Hall–Kier alpha value is -2.38. The summed E-state index contributed by atoms with van der Waals surface area (Å²) in [4.78, 5) is 31.3. The van der Waals surface area contributed by atoms with Crippen LogP contribution in [0.15, 0.2) is 35.8 Å². The molecule has 140 valence electrons. The number of aromatic nitrogens is 2. The molecule has 1 fully saturated rings. The first-order chi connectivity index (χ1) is 13.1. The molecular weight excluding hydrogens is 384 g/mol. The van der Waals surface area contributed by atoms with E-state index in [-0.39, 0.29) is 11.8 Å². The molecule has 6 nitrogen and oxygen atoms in total. The summed E-state index contributed by atoms with van der Waals surface area (Å²) in [7, 11) is 0. The molecule has 0 atom stereocenters. The topological polar surface area (TPSA) is 66.7 Å². The molecule has 0 bridgehead atoms. The number of amides is 2. The number of imidazole rings is 1. The Morgan fingerprint density at radius 3 is 2.96 bits per heavy atom. The van der Waals surface area contributed by atoms with Crippen LogP contribution in [0.1, 0.15) is 29.8 Å². The smallest absolute Gasteiger partial charge is 0.269 e. The van der Waals surface area contributed by atoms with Gasteiger partial charge in [0.05, 0.1) is 10.7 Å². The first-order valence-electron chi connectivity index (χ1n) is 8.91. The van der Waals surface area contributed by atoms with E-state index in [9.17, 15) is 9.59 Å². The number of nitrogens with zero attached hydrogens (tertiary/aromatic N) is 3. The Labute approximate surface area is 165 Å². The molecule has 8 heteroatoms. The van der Waals surface area contributed by atoms with E-state index in [1.165, 1.54) is 11.3 Å². The van der Waals surface area contributed by atoms with E-state index in [0.29, 0.717) is 30.2 Å². The van der Waals surface area contributed by atoms with Crippen molar-refractivity contribution in [2.45, 2.75) is 19.3 Å². The Kier molecular flexibility index (Phi) is 5.13. The van der Waals surface area contributed by atoms with Crippen LogP contribution in [0.4, 0.5) is 0 Å². The van der Waals surface area contributed by atoms with Gasteiger partial charge in [-0.3, -0.25) is 14.0 Å². The van der Waals surface area contributed by atoms with Crippen LogP contribution >= 0.6 is 22.9 Å². The second kappa shape index (κ2) is 7.70. The number of hydrogen-bond donors (Lipinski definition) is 1. The molecule has 4 rings (SSSR count). The van der Waals surface area contributed by atoms with Gasteiger partial charge in [-0.15, -0.1) is 11.3 Å². The summed E-state index contributed by atoms with van der Waals surface area (Å²) in [5.74, 6) is 0.0727. The minimum absolute atomic E-state index is 0.142. The molecule has 2 aromatic heterocycles. The van der Waals surface area contributed by atoms with Crippen molar-refractivity contribution in [3.05, 3.63) is 46.6 Å². The number of benzene rings is 1. The first-order valence-corrected chi connectivity index (χ1v) is 10.2. The van der Waals surface area contributed by atoms with Gasteiger partial charge in [-0.05, 0) is 18.9 Å². The van der Waals surface area contributed by atoms with Gasteiger partial charge >= 0.3 is 0 Å². The van der Waals surface area contributed by atoms with Crippen LogP contribution in [0.3, 0.4) is 0 Å². The van der Waals surface area contributed by atoms with Crippen molar-refractivity contribution in [3.63, 3.8) is 0 Å². The van der Waals surface area contributed by atoms with Gasteiger partial charge in [0.2, 0.25) is 5.91 Å². The molecule has 1 aliphatic heterocycles. The molecule has 1 aliphatic rings. The highest BCUT2D eigenvalue weighted by atomic mass is 35.5. The highest BCUT2D eigenvalue weighted by Crippen LogP contribution is 2.29. The van der Waals surface area contributed by atoms with Gasteiger partial charge < -0.3 is 10.2 Å². The van der Waals surface area contributed by atoms with Gasteiger partial charge in [-0.1, -0.05) is 29.8 Å². The number of rotatable bonds is 6. The molecule has 0 spiro atoms. The highest BCUT2D eigenvalue weighted by Gasteiger charge is 2.19. The van der Waals surface area contributed by atoms with E-state index in [0.717, 1.165) is 35.6 Å². The summed E-state index contributed by atoms with van der Waals surface area (Å²) in [5, 5.41) is 5.37. The van der Waals surface area contributed by atoms with Gasteiger partial charge in [0.25, 0.3) is 5.91 Å². The number of likely N-dealkylation sites (tertiary alicyclic amines) is 1. The second-order valence-corrected chi connectivity index (χ2v) is 7.72. The van der Waals surface area contributed by atoms with Crippen LogP contribution < -0.4 is 5.32 Å². The van der Waals surface area contributed by atoms with Crippen molar-refractivity contribution in [3.8, 4) is 11.3 Å². The molecule has 2 amide bonds. The van der Waals surface area contributed by atoms with E-state index < -0.39 is 0 Å². The van der Waals surface area contributed by atoms with Crippen LogP contribution in [0.5, 0.6) is 0 Å². The third-order valence-electron chi connectivity index (χ3n) is 4.65. The molecule has 0 aliphatic carbocycles. The molecule has 0 unspecified atom stereocenters. The van der Waals surface area contributed by atoms with Gasteiger partial charge in [0.15, 0.2) is 4.96 Å². The van der Waals surface area contributed by atoms with Gasteiger partial charge in [0, 0.05) is 43.2 Å². The fourth-order valence-electron chi connectivity index (χ4n) is 3.25. The number of carbonyl (C=O) groups excluding carboxylic acids is 2. The molecule has 1 aromatic carbocycles. The molecule has 0 saturated carbocycles. The van der Waals surface area contributed by atoms with Crippen LogP contribution in [0.25, 0.3) is 16.2 Å². The van der Waals surface area contributed by atoms with E-state index in [1.54, 1.807) is 9.78 Å². The van der Waals surface area contributed by atoms with Crippen LogP contribution in [0, 0.1) is 0 Å². The lowest BCUT2D eigenvalue weighted by molar-refractivity contribution is -0.127. The number of hydrogen-bond acceptors (Lipinski definition) is 4. The minimum Gasteiger partial charge on any atom is -0.351 e. The lowest BCUT2D eigenvalue weighted by Crippen LogP contribution is -2.31. The van der Waals surface area contributed by atoms with Crippen molar-refractivity contribution < 1.29 is 9.59 Å². The normalized spacial score (nSPS) is 14.3. The molecule has 1 N–H and O–H groups in total. The largest absolute Gasteiger partial charge is 0.351 e. The minimum atomic E-state index is -0.142. The Balaban J connectivity index is 1.41. The van der Waals surface area contributed by atoms with E-state index in [2.05, 4.69) is 10.3 Å². The maximum Gasteiger partial charge on any atom is 0.269 e. The van der Waals surface area contributed by atoms with Crippen LogP contribution in [-0.4, -0.2) is 45.7 Å². The van der Waals surface area contributed by atoms with Gasteiger partial charge in [-0.2, -0.15) is 0 Å². The maximum atomic E-state index is 12.5.